The molecular formula is C31H30FIN4O3. The number of carbonyl (C=O) groups excluding carboxylic acids is 3. The van der Waals surface area contributed by atoms with E-state index in [1.807, 2.05) is 50.2 Å². The number of halogens is 2. The monoisotopic (exact) mass is 652 g/mol. The number of alkyl halides is 1. The van der Waals surface area contributed by atoms with E-state index in [0.29, 0.717) is 47.2 Å². The molecule has 2 aromatic carbocycles. The van der Waals surface area contributed by atoms with Gasteiger partial charge in [0.25, 0.3) is 0 Å². The molecule has 3 amide bonds. The lowest BCUT2D eigenvalue weighted by Crippen LogP contribution is -2.50. The standard InChI is InChI=1S/C31H30FIN4O3/c1-30(2)10-9-25(18-6-8-24(32)21(12-18)16-33)37(29(30)40)17-26(38)35-22-7-5-19-14-31(15-20(19)13-22)23-4-3-11-34-27(23)36-28(31)39/h3-8,11-13,25H,9-10,14-17H2,1-2H3,(H,35,38)(H,34,36,39). The van der Waals surface area contributed by atoms with Gasteiger partial charge in [0.15, 0.2) is 0 Å². The number of nitrogens with one attached hydrogen (secondary N) is 2. The van der Waals surface area contributed by atoms with Crippen molar-refractivity contribution in [2.75, 3.05) is 17.2 Å². The molecule has 0 radical (unpaired) electrons. The molecule has 0 saturated carbocycles. The molecular weight excluding hydrogens is 622 g/mol. The number of fused-ring (bicyclic) bond motifs is 3. The zero-order valence-electron chi connectivity index (χ0n) is 22.4. The lowest BCUT2D eigenvalue weighted by Gasteiger charge is -2.43. The molecule has 206 valence electrons. The minimum Gasteiger partial charge on any atom is -0.326 e. The number of benzene rings is 2. The van der Waals surface area contributed by atoms with Crippen molar-refractivity contribution in [2.45, 2.75) is 55.4 Å². The highest BCUT2D eigenvalue weighted by Crippen LogP contribution is 2.47. The van der Waals surface area contributed by atoms with Gasteiger partial charge in [-0.05, 0) is 72.2 Å². The molecule has 1 fully saturated rings. The van der Waals surface area contributed by atoms with Crippen molar-refractivity contribution >= 4 is 51.8 Å². The Morgan fingerprint density at radius 1 is 1.15 bits per heavy atom. The van der Waals surface area contributed by atoms with E-state index in [2.05, 4.69) is 38.2 Å². The van der Waals surface area contributed by atoms with Gasteiger partial charge in [-0.2, -0.15) is 0 Å². The van der Waals surface area contributed by atoms with E-state index in [1.165, 1.54) is 6.07 Å². The number of hydrogen-bond donors (Lipinski definition) is 2. The molecule has 7 nitrogen and oxygen atoms in total. The third kappa shape index (κ3) is 4.48. The van der Waals surface area contributed by atoms with Crippen LogP contribution in [0, 0.1) is 11.2 Å². The first kappa shape index (κ1) is 26.9. The van der Waals surface area contributed by atoms with E-state index >= 15 is 0 Å². The van der Waals surface area contributed by atoms with Crippen LogP contribution in [-0.4, -0.2) is 34.2 Å². The number of likely N-dealkylation sites (tertiary alicyclic amines) is 1. The van der Waals surface area contributed by atoms with Crippen LogP contribution in [-0.2, 0) is 37.1 Å². The maximum Gasteiger partial charge on any atom is 0.244 e. The van der Waals surface area contributed by atoms with Gasteiger partial charge in [-0.15, -0.1) is 0 Å². The van der Waals surface area contributed by atoms with Crippen molar-refractivity contribution in [1.29, 1.82) is 0 Å². The largest absolute Gasteiger partial charge is 0.326 e. The zero-order chi connectivity index (χ0) is 28.2. The fourth-order valence-electron chi connectivity index (χ4n) is 6.42. The van der Waals surface area contributed by atoms with Gasteiger partial charge in [0.2, 0.25) is 17.7 Å². The zero-order valence-corrected chi connectivity index (χ0v) is 24.5. The fourth-order valence-corrected chi connectivity index (χ4v) is 7.01. The van der Waals surface area contributed by atoms with Gasteiger partial charge >= 0.3 is 0 Å². The van der Waals surface area contributed by atoms with E-state index in [4.69, 9.17) is 0 Å². The van der Waals surface area contributed by atoms with Crippen molar-refractivity contribution in [1.82, 2.24) is 9.88 Å². The predicted molar refractivity (Wildman–Crippen MR) is 159 cm³/mol. The molecule has 2 aliphatic heterocycles. The second kappa shape index (κ2) is 9.94. The third-order valence-corrected chi connectivity index (χ3v) is 9.46. The third-order valence-electron chi connectivity index (χ3n) is 8.64. The highest BCUT2D eigenvalue weighted by Gasteiger charge is 2.51. The van der Waals surface area contributed by atoms with Crippen LogP contribution < -0.4 is 10.6 Å². The topological polar surface area (TPSA) is 91.4 Å². The smallest absolute Gasteiger partial charge is 0.244 e. The number of aromatic nitrogens is 1. The lowest BCUT2D eigenvalue weighted by molar-refractivity contribution is -0.150. The lowest BCUT2D eigenvalue weighted by atomic mass is 9.78. The normalized spacial score (nSPS) is 22.7. The van der Waals surface area contributed by atoms with Gasteiger partial charge in [0, 0.05) is 27.3 Å². The summed E-state index contributed by atoms with van der Waals surface area (Å²) < 4.78 is 14.7. The number of anilines is 2. The van der Waals surface area contributed by atoms with Crippen LogP contribution in [0.5, 0.6) is 0 Å². The molecule has 6 rings (SSSR count). The van der Waals surface area contributed by atoms with Crippen molar-refractivity contribution in [3.05, 3.63) is 88.4 Å². The van der Waals surface area contributed by atoms with E-state index in [0.717, 1.165) is 22.3 Å². The number of carbonyl (C=O) groups is 3. The van der Waals surface area contributed by atoms with E-state index in [-0.39, 0.29) is 36.1 Å². The maximum atomic E-state index is 14.2. The quantitative estimate of drug-likeness (QED) is 0.283. The van der Waals surface area contributed by atoms with Crippen molar-refractivity contribution in [3.63, 3.8) is 0 Å². The van der Waals surface area contributed by atoms with Gasteiger partial charge < -0.3 is 15.5 Å². The summed E-state index contributed by atoms with van der Waals surface area (Å²) in [4.78, 5) is 45.8. The summed E-state index contributed by atoms with van der Waals surface area (Å²) in [7, 11) is 0. The maximum absolute atomic E-state index is 14.2. The highest BCUT2D eigenvalue weighted by atomic mass is 127. The summed E-state index contributed by atoms with van der Waals surface area (Å²) in [6.45, 7) is 3.70. The summed E-state index contributed by atoms with van der Waals surface area (Å²) in [6.07, 6.45) is 4.16. The Balaban J connectivity index is 1.21. The molecule has 40 heavy (non-hydrogen) atoms. The Morgan fingerprint density at radius 3 is 2.75 bits per heavy atom. The number of nitrogens with zero attached hydrogens (tertiary/aromatic N) is 2. The number of rotatable bonds is 5. The first-order valence-corrected chi connectivity index (χ1v) is 15.0. The Hall–Kier alpha value is -3.34. The van der Waals surface area contributed by atoms with Crippen LogP contribution in [0.2, 0.25) is 0 Å². The Morgan fingerprint density at radius 2 is 1.95 bits per heavy atom. The number of piperidine rings is 1. The van der Waals surface area contributed by atoms with Crippen LogP contribution in [0.3, 0.4) is 0 Å². The highest BCUT2D eigenvalue weighted by molar-refractivity contribution is 14.1. The van der Waals surface area contributed by atoms with Gasteiger partial charge in [-0.25, -0.2) is 9.37 Å². The Labute approximate surface area is 246 Å². The average Bonchev–Trinajstić information content (AvgIpc) is 3.44. The summed E-state index contributed by atoms with van der Waals surface area (Å²) in [5, 5.41) is 5.89. The van der Waals surface area contributed by atoms with Crippen LogP contribution in [0.4, 0.5) is 15.9 Å². The summed E-state index contributed by atoms with van der Waals surface area (Å²) >= 11 is 2.13. The second-order valence-electron chi connectivity index (χ2n) is 11.7. The number of pyridine rings is 1. The van der Waals surface area contributed by atoms with Crippen LogP contribution in [0.1, 0.15) is 60.5 Å². The number of amides is 3. The van der Waals surface area contributed by atoms with Crippen LogP contribution >= 0.6 is 22.6 Å². The average molecular weight is 653 g/mol. The molecule has 9 heteroatoms. The Kier molecular flexibility index (Phi) is 6.67. The predicted octanol–water partition coefficient (Wildman–Crippen LogP) is 5.47. The van der Waals surface area contributed by atoms with Crippen LogP contribution in [0.25, 0.3) is 0 Å². The molecule has 2 unspecified atom stereocenters. The number of hydrogen-bond acceptors (Lipinski definition) is 4. The van der Waals surface area contributed by atoms with Crippen molar-refractivity contribution < 1.29 is 18.8 Å². The van der Waals surface area contributed by atoms with Gasteiger partial charge in [0.05, 0.1) is 11.5 Å². The van der Waals surface area contributed by atoms with E-state index in [9.17, 15) is 18.8 Å². The molecule has 2 N–H and O–H groups in total. The molecule has 3 heterocycles. The molecule has 3 aromatic rings. The molecule has 1 aliphatic carbocycles. The molecule has 1 saturated heterocycles. The van der Waals surface area contributed by atoms with Crippen molar-refractivity contribution in [3.8, 4) is 0 Å². The molecule has 0 bridgehead atoms. The van der Waals surface area contributed by atoms with Gasteiger partial charge in [-0.3, -0.25) is 14.4 Å². The minimum atomic E-state index is -0.681. The Bertz CT molecular complexity index is 1560. The van der Waals surface area contributed by atoms with E-state index < -0.39 is 10.8 Å². The van der Waals surface area contributed by atoms with Crippen molar-refractivity contribution in [2.24, 2.45) is 5.41 Å². The first-order valence-electron chi connectivity index (χ1n) is 13.5. The molecule has 3 aliphatic rings. The van der Waals surface area contributed by atoms with Gasteiger partial charge in [0.1, 0.15) is 18.2 Å². The van der Waals surface area contributed by atoms with Crippen LogP contribution in [0.15, 0.2) is 54.7 Å². The second-order valence-corrected chi connectivity index (χ2v) is 12.4. The minimum absolute atomic E-state index is 0.0493. The summed E-state index contributed by atoms with van der Waals surface area (Å²) in [5.74, 6) is -0.0862. The van der Waals surface area contributed by atoms with Gasteiger partial charge in [-0.1, -0.05) is 60.7 Å². The summed E-state index contributed by atoms with van der Waals surface area (Å²) in [6, 6.07) is 14.2. The molecule has 1 spiro atoms. The fraction of sp³-hybridized carbons (Fsp3) is 0.355. The summed E-state index contributed by atoms with van der Waals surface area (Å²) in [5.41, 5.74) is 3.78. The SMILES string of the molecule is CC1(C)CCC(c2ccc(F)c(CI)c2)N(CC(=O)Nc2ccc3c(c2)CC2(C3)C(=O)Nc3ncccc32)C1=O. The first-order chi connectivity index (χ1) is 19.1. The molecule has 1 aromatic heterocycles. The molecule has 2 atom stereocenters. The van der Waals surface area contributed by atoms with E-state index in [1.54, 1.807) is 17.2 Å².